The Labute approximate surface area is 76.2 Å². The van der Waals surface area contributed by atoms with Crippen LogP contribution in [0.2, 0.25) is 0 Å². The zero-order valence-corrected chi connectivity index (χ0v) is 7.46. The number of aromatic nitrogens is 2. The van der Waals surface area contributed by atoms with Crippen LogP contribution < -0.4 is 5.32 Å². The summed E-state index contributed by atoms with van der Waals surface area (Å²) >= 11 is 0. The number of ether oxygens (including phenoxy) is 1. The Morgan fingerprint density at radius 1 is 1.46 bits per heavy atom. The second kappa shape index (κ2) is 5.42. The summed E-state index contributed by atoms with van der Waals surface area (Å²) in [6.45, 7) is 1.41. The van der Waals surface area contributed by atoms with Crippen molar-refractivity contribution in [2.24, 2.45) is 0 Å². The molecule has 0 radical (unpaired) electrons. The molecule has 72 valence electrons. The lowest BCUT2D eigenvalue weighted by Gasteiger charge is -2.02. The first kappa shape index (κ1) is 9.85. The summed E-state index contributed by atoms with van der Waals surface area (Å²) in [7, 11) is 1.65. The van der Waals surface area contributed by atoms with Crippen LogP contribution in [0.3, 0.4) is 0 Å². The smallest absolute Gasteiger partial charge is 0.222 e. The Hall–Kier alpha value is -1.23. The van der Waals surface area contributed by atoms with E-state index in [1.807, 2.05) is 0 Å². The number of hydrogen-bond acceptors (Lipinski definition) is 4. The molecule has 0 unspecified atom stereocenters. The summed E-state index contributed by atoms with van der Waals surface area (Å²) in [5, 5.41) is 2.94. The van der Waals surface area contributed by atoms with Gasteiger partial charge in [0.2, 0.25) is 5.95 Å². The Kier molecular flexibility index (Phi) is 4.11. The number of rotatable bonds is 5. The highest BCUT2D eigenvalue weighted by molar-refractivity contribution is 5.21. The third-order valence-electron chi connectivity index (χ3n) is 1.43. The molecule has 13 heavy (non-hydrogen) atoms. The fourth-order valence-electron chi connectivity index (χ4n) is 0.820. The predicted octanol–water partition coefficient (Wildman–Crippen LogP) is 1.06. The molecule has 0 amide bonds. The van der Waals surface area contributed by atoms with Gasteiger partial charge in [-0.3, -0.25) is 0 Å². The SMILES string of the molecule is COCCCNc1ncc(F)cn1. The Bertz CT molecular complexity index is 240. The van der Waals surface area contributed by atoms with Gasteiger partial charge in [0.05, 0.1) is 12.4 Å². The van der Waals surface area contributed by atoms with Crippen molar-refractivity contribution in [2.45, 2.75) is 6.42 Å². The molecule has 0 saturated carbocycles. The maximum atomic E-state index is 12.4. The van der Waals surface area contributed by atoms with Crippen molar-refractivity contribution in [3.05, 3.63) is 18.2 Å². The van der Waals surface area contributed by atoms with Crippen molar-refractivity contribution < 1.29 is 9.13 Å². The molecule has 0 aliphatic rings. The van der Waals surface area contributed by atoms with E-state index in [0.717, 1.165) is 25.4 Å². The summed E-state index contributed by atoms with van der Waals surface area (Å²) in [6.07, 6.45) is 3.13. The van der Waals surface area contributed by atoms with Crippen molar-refractivity contribution in [1.82, 2.24) is 9.97 Å². The highest BCUT2D eigenvalue weighted by Crippen LogP contribution is 1.97. The van der Waals surface area contributed by atoms with Gasteiger partial charge < -0.3 is 10.1 Å². The average molecular weight is 185 g/mol. The molecule has 0 aliphatic carbocycles. The standard InChI is InChI=1S/C8H12FN3O/c1-13-4-2-3-10-8-11-5-7(9)6-12-8/h5-6H,2-4H2,1H3,(H,10,11,12). The molecule has 1 aromatic rings. The van der Waals surface area contributed by atoms with Crippen molar-refractivity contribution in [1.29, 1.82) is 0 Å². The van der Waals surface area contributed by atoms with Crippen molar-refractivity contribution in [3.63, 3.8) is 0 Å². The van der Waals surface area contributed by atoms with Gasteiger partial charge in [-0.05, 0) is 6.42 Å². The van der Waals surface area contributed by atoms with Crippen LogP contribution in [0.15, 0.2) is 12.4 Å². The van der Waals surface area contributed by atoms with E-state index in [2.05, 4.69) is 15.3 Å². The molecule has 0 atom stereocenters. The monoisotopic (exact) mass is 185 g/mol. The summed E-state index contributed by atoms with van der Waals surface area (Å²) < 4.78 is 17.2. The third kappa shape index (κ3) is 3.80. The molecule has 0 aromatic carbocycles. The van der Waals surface area contributed by atoms with Gasteiger partial charge in [0, 0.05) is 20.3 Å². The molecule has 1 N–H and O–H groups in total. The molecule has 0 bridgehead atoms. The Morgan fingerprint density at radius 2 is 2.15 bits per heavy atom. The fraction of sp³-hybridized carbons (Fsp3) is 0.500. The van der Waals surface area contributed by atoms with Crippen LogP contribution in [0.4, 0.5) is 10.3 Å². The second-order valence-electron chi connectivity index (χ2n) is 2.50. The van der Waals surface area contributed by atoms with Gasteiger partial charge in [-0.25, -0.2) is 14.4 Å². The van der Waals surface area contributed by atoms with E-state index in [-0.39, 0.29) is 0 Å². The number of hydrogen-bond donors (Lipinski definition) is 1. The zero-order chi connectivity index (χ0) is 9.52. The molecular weight excluding hydrogens is 173 g/mol. The molecule has 0 fully saturated rings. The predicted molar refractivity (Wildman–Crippen MR) is 47.0 cm³/mol. The van der Waals surface area contributed by atoms with Crippen LogP contribution in [0.25, 0.3) is 0 Å². The summed E-state index contributed by atoms with van der Waals surface area (Å²) in [6, 6.07) is 0. The first-order valence-corrected chi connectivity index (χ1v) is 4.03. The van der Waals surface area contributed by atoms with Gasteiger partial charge >= 0.3 is 0 Å². The number of nitrogens with one attached hydrogen (secondary N) is 1. The van der Waals surface area contributed by atoms with Gasteiger partial charge in [-0.2, -0.15) is 0 Å². The number of anilines is 1. The van der Waals surface area contributed by atoms with Gasteiger partial charge in [-0.1, -0.05) is 0 Å². The Morgan fingerprint density at radius 3 is 2.77 bits per heavy atom. The van der Waals surface area contributed by atoms with Crippen molar-refractivity contribution in [2.75, 3.05) is 25.6 Å². The summed E-state index contributed by atoms with van der Waals surface area (Å²) in [5.74, 6) is 0.0138. The minimum Gasteiger partial charge on any atom is -0.385 e. The fourth-order valence-corrected chi connectivity index (χ4v) is 0.820. The van der Waals surface area contributed by atoms with E-state index in [1.54, 1.807) is 7.11 Å². The zero-order valence-electron chi connectivity index (χ0n) is 7.46. The van der Waals surface area contributed by atoms with E-state index < -0.39 is 5.82 Å². The molecule has 0 saturated heterocycles. The third-order valence-corrected chi connectivity index (χ3v) is 1.43. The highest BCUT2D eigenvalue weighted by Gasteiger charge is 1.94. The van der Waals surface area contributed by atoms with Crippen LogP contribution in [0, 0.1) is 5.82 Å². The average Bonchev–Trinajstić information content (AvgIpc) is 2.15. The summed E-state index contributed by atoms with van der Waals surface area (Å²) in [5.41, 5.74) is 0. The lowest BCUT2D eigenvalue weighted by atomic mass is 10.4. The van der Waals surface area contributed by atoms with Crippen LogP contribution >= 0.6 is 0 Å². The Balaban J connectivity index is 2.25. The van der Waals surface area contributed by atoms with E-state index in [4.69, 9.17) is 4.74 Å². The first-order chi connectivity index (χ1) is 6.33. The van der Waals surface area contributed by atoms with E-state index in [0.29, 0.717) is 12.6 Å². The second-order valence-corrected chi connectivity index (χ2v) is 2.50. The van der Waals surface area contributed by atoms with Crippen LogP contribution in [-0.2, 0) is 4.74 Å². The minimum absolute atomic E-state index is 0.428. The first-order valence-electron chi connectivity index (χ1n) is 4.03. The van der Waals surface area contributed by atoms with E-state index >= 15 is 0 Å². The minimum atomic E-state index is -0.428. The van der Waals surface area contributed by atoms with Gasteiger partial charge in [-0.15, -0.1) is 0 Å². The maximum absolute atomic E-state index is 12.4. The van der Waals surface area contributed by atoms with Crippen LogP contribution in [-0.4, -0.2) is 30.2 Å². The lowest BCUT2D eigenvalue weighted by Crippen LogP contribution is -2.07. The molecular formula is C8H12FN3O. The van der Waals surface area contributed by atoms with Gasteiger partial charge in [0.15, 0.2) is 5.82 Å². The number of methoxy groups -OCH3 is 1. The molecule has 1 rings (SSSR count). The molecule has 0 spiro atoms. The topological polar surface area (TPSA) is 47.0 Å². The largest absolute Gasteiger partial charge is 0.385 e. The maximum Gasteiger partial charge on any atom is 0.222 e. The quantitative estimate of drug-likeness (QED) is 0.697. The van der Waals surface area contributed by atoms with E-state index in [1.165, 1.54) is 0 Å². The highest BCUT2D eigenvalue weighted by atomic mass is 19.1. The molecule has 5 heteroatoms. The van der Waals surface area contributed by atoms with Gasteiger partial charge in [0.25, 0.3) is 0 Å². The van der Waals surface area contributed by atoms with Gasteiger partial charge in [0.1, 0.15) is 0 Å². The molecule has 0 aliphatic heterocycles. The normalized spacial score (nSPS) is 10.0. The summed E-state index contributed by atoms with van der Waals surface area (Å²) in [4.78, 5) is 7.48. The molecule has 1 aromatic heterocycles. The van der Waals surface area contributed by atoms with Crippen molar-refractivity contribution >= 4 is 5.95 Å². The van der Waals surface area contributed by atoms with Crippen LogP contribution in [0.1, 0.15) is 6.42 Å². The number of nitrogens with zero attached hydrogens (tertiary/aromatic N) is 2. The van der Waals surface area contributed by atoms with Crippen molar-refractivity contribution in [3.8, 4) is 0 Å². The lowest BCUT2D eigenvalue weighted by molar-refractivity contribution is 0.197. The van der Waals surface area contributed by atoms with Crippen LogP contribution in [0.5, 0.6) is 0 Å². The molecule has 4 nitrogen and oxygen atoms in total. The number of halogens is 1. The molecule has 1 heterocycles. The van der Waals surface area contributed by atoms with E-state index in [9.17, 15) is 4.39 Å².